The molecule has 1 atom stereocenters. The Kier molecular flexibility index (Phi) is 5.65. The van der Waals surface area contributed by atoms with E-state index in [9.17, 15) is 22.8 Å². The molecule has 21 heavy (non-hydrogen) atoms. The predicted molar refractivity (Wildman–Crippen MR) is 71.1 cm³/mol. The normalized spacial score (nSPS) is 16.1. The number of hydrogen-bond acceptors (Lipinski definition) is 5. The number of carbonyl (C=O) groups is 2. The lowest BCUT2D eigenvalue weighted by atomic mass is 10.0. The van der Waals surface area contributed by atoms with Crippen LogP contribution in [0.2, 0.25) is 19.6 Å². The van der Waals surface area contributed by atoms with Crippen molar-refractivity contribution < 1.29 is 36.7 Å². The Morgan fingerprint density at radius 3 is 1.62 bits per heavy atom. The second-order valence-electron chi connectivity index (χ2n) is 6.39. The van der Waals surface area contributed by atoms with Crippen molar-refractivity contribution >= 4 is 20.3 Å². The molecule has 9 heteroatoms. The van der Waals surface area contributed by atoms with Gasteiger partial charge in [-0.15, -0.1) is 0 Å². The van der Waals surface area contributed by atoms with Crippen LogP contribution in [0.5, 0.6) is 0 Å². The first kappa shape index (κ1) is 19.9. The van der Waals surface area contributed by atoms with Gasteiger partial charge in [-0.05, 0) is 40.4 Å². The molecule has 0 radical (unpaired) electrons. The van der Waals surface area contributed by atoms with E-state index < -0.39 is 37.6 Å². The highest BCUT2D eigenvalue weighted by Crippen LogP contribution is 2.39. The summed E-state index contributed by atoms with van der Waals surface area (Å²) in [4.78, 5) is 23.8. The zero-order chi connectivity index (χ0) is 17.3. The molecular formula is C12H21F3O5Si. The van der Waals surface area contributed by atoms with E-state index in [2.05, 4.69) is 4.74 Å². The van der Waals surface area contributed by atoms with Gasteiger partial charge in [-0.1, -0.05) is 0 Å². The third-order valence-electron chi connectivity index (χ3n) is 2.02. The molecule has 0 N–H and O–H groups in total. The molecule has 0 spiro atoms. The molecule has 0 saturated heterocycles. The van der Waals surface area contributed by atoms with Crippen molar-refractivity contribution in [3.63, 3.8) is 0 Å². The number of alkyl halides is 3. The Bertz CT molecular complexity index is 409. The second kappa shape index (κ2) is 5.96. The van der Waals surface area contributed by atoms with E-state index in [4.69, 9.17) is 9.16 Å². The molecule has 0 aromatic carbocycles. The van der Waals surface area contributed by atoms with Crippen LogP contribution in [0, 0.1) is 0 Å². The van der Waals surface area contributed by atoms with Gasteiger partial charge in [-0.25, -0.2) is 9.59 Å². The number of methoxy groups -OCH3 is 1. The van der Waals surface area contributed by atoms with E-state index in [1.165, 1.54) is 40.4 Å². The monoisotopic (exact) mass is 330 g/mol. The van der Waals surface area contributed by atoms with Crippen molar-refractivity contribution in [1.29, 1.82) is 0 Å². The summed E-state index contributed by atoms with van der Waals surface area (Å²) in [6.07, 6.45) is -5.30. The van der Waals surface area contributed by atoms with Gasteiger partial charge in [0.05, 0.1) is 7.11 Å². The average Bonchev–Trinajstić information content (AvgIpc) is 2.18. The Morgan fingerprint density at radius 1 is 0.952 bits per heavy atom. The minimum Gasteiger partial charge on any atom is -0.466 e. The van der Waals surface area contributed by atoms with E-state index in [1.54, 1.807) is 0 Å². The van der Waals surface area contributed by atoms with Crippen LogP contribution in [0.3, 0.4) is 0 Å². The quantitative estimate of drug-likeness (QED) is 0.450. The molecule has 5 nitrogen and oxygen atoms in total. The maximum Gasteiger partial charge on any atom is 0.438 e. The SMILES string of the molecule is COC(=O)C(O[Si](C)(C)C)(C(=O)OC(C)(C)C)C(F)(F)F. The number of halogens is 3. The molecule has 0 aliphatic heterocycles. The first-order valence-electron chi connectivity index (χ1n) is 6.15. The summed E-state index contributed by atoms with van der Waals surface area (Å²) in [6.45, 7) is 8.41. The van der Waals surface area contributed by atoms with Crippen LogP contribution in [0.1, 0.15) is 20.8 Å². The fourth-order valence-electron chi connectivity index (χ4n) is 1.41. The zero-order valence-electron chi connectivity index (χ0n) is 13.2. The molecule has 0 rings (SSSR count). The molecule has 0 bridgehead atoms. The molecule has 1 unspecified atom stereocenters. The summed E-state index contributed by atoms with van der Waals surface area (Å²) in [5.74, 6) is -3.66. The molecule has 0 aliphatic rings. The first-order chi connectivity index (χ1) is 9.07. The topological polar surface area (TPSA) is 61.8 Å². The van der Waals surface area contributed by atoms with Gasteiger partial charge < -0.3 is 13.9 Å². The van der Waals surface area contributed by atoms with Crippen LogP contribution in [0.15, 0.2) is 0 Å². The molecule has 0 aromatic rings. The van der Waals surface area contributed by atoms with Crippen LogP contribution in [0.4, 0.5) is 13.2 Å². The summed E-state index contributed by atoms with van der Waals surface area (Å²) in [5, 5.41) is 0. The number of carbonyl (C=O) groups excluding carboxylic acids is 2. The average molecular weight is 330 g/mol. The lowest BCUT2D eigenvalue weighted by Crippen LogP contribution is -2.65. The molecule has 0 aliphatic carbocycles. The predicted octanol–water partition coefficient (Wildman–Crippen LogP) is 2.65. The Morgan fingerprint density at radius 2 is 1.38 bits per heavy atom. The Labute approximate surface area is 122 Å². The number of esters is 2. The summed E-state index contributed by atoms with van der Waals surface area (Å²) in [5.41, 5.74) is -4.98. The van der Waals surface area contributed by atoms with Crippen LogP contribution in [-0.2, 0) is 23.5 Å². The Hall–Kier alpha value is -1.09. The standard InChI is InChI=1S/C12H21F3O5Si/c1-10(2,3)19-9(17)11(8(16)18-4,12(13,14)15)20-21(5,6)7/h1-7H3. The van der Waals surface area contributed by atoms with Gasteiger partial charge in [0.2, 0.25) is 0 Å². The largest absolute Gasteiger partial charge is 0.466 e. The van der Waals surface area contributed by atoms with Crippen molar-refractivity contribution in [2.45, 2.75) is 57.8 Å². The van der Waals surface area contributed by atoms with Gasteiger partial charge in [-0.2, -0.15) is 13.2 Å². The van der Waals surface area contributed by atoms with Crippen LogP contribution >= 0.6 is 0 Å². The fraction of sp³-hybridized carbons (Fsp3) is 0.833. The number of ether oxygens (including phenoxy) is 2. The highest BCUT2D eigenvalue weighted by molar-refractivity contribution is 6.70. The molecule has 0 fully saturated rings. The molecule has 0 heterocycles. The number of hydrogen-bond donors (Lipinski definition) is 0. The van der Waals surface area contributed by atoms with Gasteiger partial charge in [0.25, 0.3) is 0 Å². The van der Waals surface area contributed by atoms with E-state index in [0.717, 1.165) is 7.11 Å². The van der Waals surface area contributed by atoms with E-state index >= 15 is 0 Å². The molecular weight excluding hydrogens is 309 g/mol. The summed E-state index contributed by atoms with van der Waals surface area (Å²) in [7, 11) is -2.19. The minimum atomic E-state index is -5.30. The summed E-state index contributed by atoms with van der Waals surface area (Å²) < 4.78 is 54.2. The van der Waals surface area contributed by atoms with E-state index in [0.29, 0.717) is 0 Å². The maximum absolute atomic E-state index is 13.5. The first-order valence-corrected chi connectivity index (χ1v) is 9.56. The maximum atomic E-state index is 13.5. The van der Waals surface area contributed by atoms with Crippen molar-refractivity contribution in [2.24, 2.45) is 0 Å². The van der Waals surface area contributed by atoms with Crippen molar-refractivity contribution in [3.8, 4) is 0 Å². The van der Waals surface area contributed by atoms with Crippen LogP contribution < -0.4 is 0 Å². The smallest absolute Gasteiger partial charge is 0.438 e. The van der Waals surface area contributed by atoms with E-state index in [1.807, 2.05) is 0 Å². The third-order valence-corrected chi connectivity index (χ3v) is 2.94. The second-order valence-corrected chi connectivity index (χ2v) is 10.8. The highest BCUT2D eigenvalue weighted by Gasteiger charge is 2.71. The lowest BCUT2D eigenvalue weighted by molar-refractivity contribution is -0.261. The molecule has 0 saturated carbocycles. The molecule has 124 valence electrons. The highest BCUT2D eigenvalue weighted by atomic mass is 28.4. The van der Waals surface area contributed by atoms with Gasteiger partial charge in [0, 0.05) is 0 Å². The van der Waals surface area contributed by atoms with Gasteiger partial charge in [0.15, 0.2) is 8.32 Å². The number of rotatable bonds is 4. The Balaban J connectivity index is 6.05. The minimum absolute atomic E-state index is 0.751. The van der Waals surface area contributed by atoms with Gasteiger partial charge in [0.1, 0.15) is 5.60 Å². The van der Waals surface area contributed by atoms with Crippen LogP contribution in [0.25, 0.3) is 0 Å². The fourth-order valence-corrected chi connectivity index (χ4v) is 2.61. The third kappa shape index (κ3) is 4.99. The molecule has 0 aromatic heterocycles. The van der Waals surface area contributed by atoms with Crippen molar-refractivity contribution in [1.82, 2.24) is 0 Å². The van der Waals surface area contributed by atoms with Crippen molar-refractivity contribution in [2.75, 3.05) is 7.11 Å². The van der Waals surface area contributed by atoms with Crippen LogP contribution in [-0.4, -0.2) is 44.7 Å². The zero-order valence-corrected chi connectivity index (χ0v) is 14.2. The van der Waals surface area contributed by atoms with E-state index in [-0.39, 0.29) is 0 Å². The van der Waals surface area contributed by atoms with Gasteiger partial charge in [-0.3, -0.25) is 0 Å². The lowest BCUT2D eigenvalue weighted by Gasteiger charge is -2.37. The summed E-state index contributed by atoms with van der Waals surface area (Å²) >= 11 is 0. The van der Waals surface area contributed by atoms with Gasteiger partial charge >= 0.3 is 23.7 Å². The van der Waals surface area contributed by atoms with Crippen molar-refractivity contribution in [3.05, 3.63) is 0 Å². The molecule has 0 amide bonds. The summed E-state index contributed by atoms with van der Waals surface area (Å²) in [6, 6.07) is 0.